The van der Waals surface area contributed by atoms with Gasteiger partial charge in [0.2, 0.25) is 5.91 Å². The van der Waals surface area contributed by atoms with Gasteiger partial charge in [0.05, 0.1) is 5.54 Å². The topological polar surface area (TPSA) is 58.4 Å². The van der Waals surface area contributed by atoms with Crippen LogP contribution in [0.15, 0.2) is 0 Å². The van der Waals surface area contributed by atoms with E-state index in [2.05, 4.69) is 24.1 Å². The van der Waals surface area contributed by atoms with Crippen molar-refractivity contribution in [2.24, 2.45) is 11.1 Å². The molecule has 0 bridgehead atoms. The Labute approximate surface area is 98.6 Å². The highest BCUT2D eigenvalue weighted by Crippen LogP contribution is 2.29. The Morgan fingerprint density at radius 1 is 1.56 bits per heavy atom. The highest BCUT2D eigenvalue weighted by Gasteiger charge is 2.33. The molecule has 1 heterocycles. The van der Waals surface area contributed by atoms with Gasteiger partial charge in [0.1, 0.15) is 0 Å². The quantitative estimate of drug-likeness (QED) is 0.722. The summed E-state index contributed by atoms with van der Waals surface area (Å²) in [4.78, 5) is 13.7. The number of likely N-dealkylation sites (tertiary alicyclic amines) is 1. The number of nitrogens with zero attached hydrogens (tertiary/aromatic N) is 1. The lowest BCUT2D eigenvalue weighted by molar-refractivity contribution is -0.124. The second-order valence-electron chi connectivity index (χ2n) is 5.89. The van der Waals surface area contributed by atoms with Gasteiger partial charge < -0.3 is 16.0 Å². The molecule has 3 N–H and O–H groups in total. The molecule has 1 fully saturated rings. The Morgan fingerprint density at radius 2 is 2.19 bits per heavy atom. The van der Waals surface area contributed by atoms with Crippen molar-refractivity contribution >= 4 is 5.91 Å². The van der Waals surface area contributed by atoms with Gasteiger partial charge in [-0.05, 0) is 38.8 Å². The second kappa shape index (κ2) is 4.72. The minimum absolute atomic E-state index is 0.270. The van der Waals surface area contributed by atoms with E-state index in [0.29, 0.717) is 5.41 Å². The molecule has 0 saturated carbocycles. The van der Waals surface area contributed by atoms with Crippen molar-refractivity contribution in [1.82, 2.24) is 10.2 Å². The molecule has 1 saturated heterocycles. The average molecular weight is 227 g/mol. The smallest absolute Gasteiger partial charge is 0.237 e. The predicted molar refractivity (Wildman–Crippen MR) is 66.1 cm³/mol. The molecule has 16 heavy (non-hydrogen) atoms. The van der Waals surface area contributed by atoms with E-state index in [0.717, 1.165) is 26.1 Å². The number of hydrogen-bond donors (Lipinski definition) is 2. The van der Waals surface area contributed by atoms with E-state index < -0.39 is 5.54 Å². The van der Waals surface area contributed by atoms with Crippen LogP contribution in [-0.4, -0.2) is 43.0 Å². The molecule has 0 spiro atoms. The van der Waals surface area contributed by atoms with Gasteiger partial charge in [-0.15, -0.1) is 0 Å². The van der Waals surface area contributed by atoms with Gasteiger partial charge in [-0.1, -0.05) is 13.8 Å². The molecule has 4 heteroatoms. The number of primary amides is 1. The molecule has 1 amide bonds. The van der Waals surface area contributed by atoms with Gasteiger partial charge in [-0.3, -0.25) is 4.79 Å². The standard InChI is InChI=1S/C12H25N3O/c1-11(2)5-7-15(9-11)8-6-12(3,14-4)10(13)16/h14H,5-9H2,1-4H3,(H2,13,16). The zero-order valence-corrected chi connectivity index (χ0v) is 11.0. The average Bonchev–Trinajstić information content (AvgIpc) is 2.54. The third kappa shape index (κ3) is 3.19. The van der Waals surface area contributed by atoms with Crippen LogP contribution in [0.3, 0.4) is 0 Å². The molecule has 0 aromatic carbocycles. The van der Waals surface area contributed by atoms with Crippen LogP contribution in [0.5, 0.6) is 0 Å². The molecule has 1 aliphatic rings. The van der Waals surface area contributed by atoms with Gasteiger partial charge in [0.25, 0.3) is 0 Å². The highest BCUT2D eigenvalue weighted by molar-refractivity contribution is 5.84. The lowest BCUT2D eigenvalue weighted by atomic mass is 9.93. The number of carbonyl (C=O) groups excluding carboxylic acids is 1. The number of nitrogens with two attached hydrogens (primary N) is 1. The molecular weight excluding hydrogens is 202 g/mol. The molecule has 94 valence electrons. The fourth-order valence-electron chi connectivity index (χ4n) is 2.17. The summed E-state index contributed by atoms with van der Waals surface area (Å²) in [7, 11) is 1.79. The van der Waals surface area contributed by atoms with Gasteiger partial charge in [-0.25, -0.2) is 0 Å². The van der Waals surface area contributed by atoms with Gasteiger partial charge >= 0.3 is 0 Å². The van der Waals surface area contributed by atoms with Crippen molar-refractivity contribution in [1.29, 1.82) is 0 Å². The minimum Gasteiger partial charge on any atom is -0.368 e. The van der Waals surface area contributed by atoms with Gasteiger partial charge in [0, 0.05) is 13.1 Å². The van der Waals surface area contributed by atoms with E-state index in [1.165, 1.54) is 6.42 Å². The summed E-state index contributed by atoms with van der Waals surface area (Å²) in [6, 6.07) is 0. The zero-order chi connectivity index (χ0) is 12.4. The molecule has 0 aromatic heterocycles. The maximum absolute atomic E-state index is 11.3. The first kappa shape index (κ1) is 13.5. The van der Waals surface area contributed by atoms with Gasteiger partial charge in [0.15, 0.2) is 0 Å². The normalized spacial score (nSPS) is 24.2. The van der Waals surface area contributed by atoms with E-state index in [1.54, 1.807) is 7.05 Å². The highest BCUT2D eigenvalue weighted by atomic mass is 16.1. The van der Waals surface area contributed by atoms with Crippen LogP contribution >= 0.6 is 0 Å². The van der Waals surface area contributed by atoms with Crippen LogP contribution in [0.4, 0.5) is 0 Å². The third-order valence-corrected chi connectivity index (χ3v) is 3.78. The minimum atomic E-state index is -0.577. The number of hydrogen-bond acceptors (Lipinski definition) is 3. The SMILES string of the molecule is CNC(C)(CCN1CCC(C)(C)C1)C(N)=O. The zero-order valence-electron chi connectivity index (χ0n) is 11.0. The summed E-state index contributed by atoms with van der Waals surface area (Å²) in [5.74, 6) is -0.270. The molecule has 4 nitrogen and oxygen atoms in total. The summed E-state index contributed by atoms with van der Waals surface area (Å²) in [6.45, 7) is 9.63. The lowest BCUT2D eigenvalue weighted by Crippen LogP contribution is -2.53. The number of nitrogens with one attached hydrogen (secondary N) is 1. The van der Waals surface area contributed by atoms with Crippen molar-refractivity contribution in [3.63, 3.8) is 0 Å². The van der Waals surface area contributed by atoms with Crippen molar-refractivity contribution < 1.29 is 4.79 Å². The first-order chi connectivity index (χ1) is 7.29. The Hall–Kier alpha value is -0.610. The van der Waals surface area contributed by atoms with Crippen LogP contribution in [0, 0.1) is 5.41 Å². The number of carbonyl (C=O) groups is 1. The molecular formula is C12H25N3O. The van der Waals surface area contributed by atoms with Crippen LogP contribution < -0.4 is 11.1 Å². The van der Waals surface area contributed by atoms with E-state index in [1.807, 2.05) is 6.92 Å². The maximum Gasteiger partial charge on any atom is 0.237 e. The molecule has 1 rings (SSSR count). The molecule has 0 radical (unpaired) electrons. The van der Waals surface area contributed by atoms with E-state index in [9.17, 15) is 4.79 Å². The monoisotopic (exact) mass is 227 g/mol. The molecule has 0 aromatic rings. The molecule has 1 unspecified atom stereocenters. The van der Waals surface area contributed by atoms with E-state index in [4.69, 9.17) is 5.73 Å². The molecule has 1 atom stereocenters. The molecule has 1 aliphatic heterocycles. The lowest BCUT2D eigenvalue weighted by Gasteiger charge is -2.28. The second-order valence-corrected chi connectivity index (χ2v) is 5.89. The first-order valence-electron chi connectivity index (χ1n) is 6.00. The predicted octanol–water partition coefficient (Wildman–Crippen LogP) is 0.572. The van der Waals surface area contributed by atoms with Gasteiger partial charge in [-0.2, -0.15) is 0 Å². The fraction of sp³-hybridized carbons (Fsp3) is 0.917. The summed E-state index contributed by atoms with van der Waals surface area (Å²) in [5.41, 5.74) is 5.24. The summed E-state index contributed by atoms with van der Waals surface area (Å²) in [6.07, 6.45) is 2.01. The third-order valence-electron chi connectivity index (χ3n) is 3.78. The Balaban J connectivity index is 2.43. The van der Waals surface area contributed by atoms with E-state index in [-0.39, 0.29) is 5.91 Å². The number of likely N-dealkylation sites (N-methyl/N-ethyl adjacent to an activating group) is 1. The van der Waals surface area contributed by atoms with Crippen molar-refractivity contribution in [3.05, 3.63) is 0 Å². The Bertz CT molecular complexity index is 265. The summed E-state index contributed by atoms with van der Waals surface area (Å²) < 4.78 is 0. The van der Waals surface area contributed by atoms with E-state index >= 15 is 0 Å². The Kier molecular flexibility index (Phi) is 3.97. The van der Waals surface area contributed by atoms with Crippen molar-refractivity contribution in [3.8, 4) is 0 Å². The largest absolute Gasteiger partial charge is 0.368 e. The summed E-state index contributed by atoms with van der Waals surface area (Å²) in [5, 5.41) is 3.02. The van der Waals surface area contributed by atoms with Crippen molar-refractivity contribution in [2.45, 2.75) is 39.2 Å². The Morgan fingerprint density at radius 3 is 2.56 bits per heavy atom. The fourth-order valence-corrected chi connectivity index (χ4v) is 2.17. The van der Waals surface area contributed by atoms with Crippen LogP contribution in [0.25, 0.3) is 0 Å². The van der Waals surface area contributed by atoms with Crippen LogP contribution in [0.1, 0.15) is 33.6 Å². The number of rotatable bonds is 5. The maximum atomic E-state index is 11.3. The van der Waals surface area contributed by atoms with Crippen molar-refractivity contribution in [2.75, 3.05) is 26.7 Å². The van der Waals surface area contributed by atoms with Crippen LogP contribution in [0.2, 0.25) is 0 Å². The molecule has 0 aliphatic carbocycles. The summed E-state index contributed by atoms with van der Waals surface area (Å²) >= 11 is 0. The first-order valence-corrected chi connectivity index (χ1v) is 6.00. The number of amides is 1. The van der Waals surface area contributed by atoms with Crippen LogP contribution in [-0.2, 0) is 4.79 Å².